The Hall–Kier alpha value is -2.45. The number of sulfonamides is 1. The third-order valence-electron chi connectivity index (χ3n) is 4.83. The van der Waals surface area contributed by atoms with Crippen LogP contribution in [0.1, 0.15) is 12.0 Å². The van der Waals surface area contributed by atoms with Crippen molar-refractivity contribution in [2.45, 2.75) is 17.4 Å². The van der Waals surface area contributed by atoms with Crippen LogP contribution >= 0.6 is 11.3 Å². The van der Waals surface area contributed by atoms with Crippen molar-refractivity contribution in [2.75, 3.05) is 44.8 Å². The lowest BCUT2D eigenvalue weighted by Crippen LogP contribution is -2.40. The number of carbonyl (C=O) groups excluding carboxylic acids is 1. The Bertz CT molecular complexity index is 1080. The third-order valence-corrected chi connectivity index (χ3v) is 7.44. The molecule has 3 heterocycles. The van der Waals surface area contributed by atoms with E-state index in [2.05, 4.69) is 15.5 Å². The Morgan fingerprint density at radius 3 is 2.59 bits per heavy atom. The molecule has 10 nitrogen and oxygen atoms in total. The predicted molar refractivity (Wildman–Crippen MR) is 114 cm³/mol. The molecule has 2 aromatic rings. The van der Waals surface area contributed by atoms with Crippen molar-refractivity contribution in [2.24, 2.45) is 5.16 Å². The standard InChI is InChI=1S/C19H21FN4O6S2/c20-16-11-21-19(31-16)22-18(25)17(23-30-14-5-8-29-12-14)13-1-3-15(4-2-13)32(26,27)24-6-9-28-10-7-24/h1-4,11,14H,5-10,12H2,(H,21,22,25)/b23-17+/t14-/m1/s1. The molecular formula is C19H21FN4O6S2. The topological polar surface area (TPSA) is 119 Å². The zero-order chi connectivity index (χ0) is 22.6. The molecule has 1 N–H and O–H groups in total. The van der Waals surface area contributed by atoms with Gasteiger partial charge in [0.25, 0.3) is 5.91 Å². The van der Waals surface area contributed by atoms with Crippen molar-refractivity contribution in [3.63, 3.8) is 0 Å². The van der Waals surface area contributed by atoms with Crippen LogP contribution < -0.4 is 5.32 Å². The smallest absolute Gasteiger partial charge is 0.280 e. The number of carbonyl (C=O) groups is 1. The number of aromatic nitrogens is 1. The molecule has 172 valence electrons. The van der Waals surface area contributed by atoms with Gasteiger partial charge in [-0.05, 0) is 12.1 Å². The normalized spacial score (nSPS) is 20.3. The van der Waals surface area contributed by atoms with Crippen molar-refractivity contribution in [1.29, 1.82) is 0 Å². The van der Waals surface area contributed by atoms with E-state index in [9.17, 15) is 17.6 Å². The molecule has 4 rings (SSSR count). The van der Waals surface area contributed by atoms with Crippen LogP contribution in [0.3, 0.4) is 0 Å². The number of thiazole rings is 1. The van der Waals surface area contributed by atoms with Crippen molar-refractivity contribution < 1.29 is 31.9 Å². The lowest BCUT2D eigenvalue weighted by Gasteiger charge is -2.26. The largest absolute Gasteiger partial charge is 0.389 e. The number of ether oxygens (including phenoxy) is 2. The molecule has 0 spiro atoms. The first-order valence-electron chi connectivity index (χ1n) is 9.86. The van der Waals surface area contributed by atoms with Crippen LogP contribution in [0, 0.1) is 5.13 Å². The van der Waals surface area contributed by atoms with Gasteiger partial charge < -0.3 is 14.3 Å². The average molecular weight is 485 g/mol. The maximum absolute atomic E-state index is 13.2. The summed E-state index contributed by atoms with van der Waals surface area (Å²) in [6.45, 7) is 2.13. The van der Waals surface area contributed by atoms with Gasteiger partial charge in [-0.15, -0.1) is 0 Å². The highest BCUT2D eigenvalue weighted by Crippen LogP contribution is 2.20. The quantitative estimate of drug-likeness (QED) is 0.467. The van der Waals surface area contributed by atoms with Gasteiger partial charge >= 0.3 is 0 Å². The van der Waals surface area contributed by atoms with Crippen molar-refractivity contribution >= 4 is 38.1 Å². The van der Waals surface area contributed by atoms with Crippen molar-refractivity contribution in [3.8, 4) is 0 Å². The second-order valence-electron chi connectivity index (χ2n) is 7.00. The molecule has 0 aliphatic carbocycles. The monoisotopic (exact) mass is 484 g/mol. The van der Waals surface area contributed by atoms with E-state index in [1.54, 1.807) is 0 Å². The molecule has 1 atom stereocenters. The van der Waals surface area contributed by atoms with E-state index in [4.69, 9.17) is 14.3 Å². The zero-order valence-corrected chi connectivity index (χ0v) is 18.5. The molecule has 1 aromatic carbocycles. The number of morpholine rings is 1. The first-order valence-corrected chi connectivity index (χ1v) is 12.1. The van der Waals surface area contributed by atoms with E-state index in [-0.39, 0.29) is 34.9 Å². The molecule has 1 aromatic heterocycles. The lowest BCUT2D eigenvalue weighted by atomic mass is 10.1. The van der Waals surface area contributed by atoms with Crippen LogP contribution in [0.5, 0.6) is 0 Å². The van der Waals surface area contributed by atoms with Crippen LogP contribution in [0.25, 0.3) is 0 Å². The number of anilines is 1. The average Bonchev–Trinajstić information content (AvgIpc) is 3.46. The number of nitrogens with one attached hydrogen (secondary N) is 1. The number of nitrogens with zero attached hydrogens (tertiary/aromatic N) is 3. The summed E-state index contributed by atoms with van der Waals surface area (Å²) in [5, 5.41) is 5.99. The van der Waals surface area contributed by atoms with Crippen LogP contribution in [0.4, 0.5) is 9.52 Å². The number of oxime groups is 1. The Labute approximate surface area is 188 Å². The molecule has 0 bridgehead atoms. The number of benzene rings is 1. The molecule has 2 aliphatic rings. The summed E-state index contributed by atoms with van der Waals surface area (Å²) in [5.41, 5.74) is 0.238. The van der Waals surface area contributed by atoms with E-state index in [0.29, 0.717) is 49.7 Å². The minimum atomic E-state index is -3.68. The Morgan fingerprint density at radius 1 is 1.22 bits per heavy atom. The number of amides is 1. The van der Waals surface area contributed by atoms with Gasteiger partial charge in [-0.3, -0.25) is 10.1 Å². The molecule has 2 saturated heterocycles. The predicted octanol–water partition coefficient (Wildman–Crippen LogP) is 1.45. The van der Waals surface area contributed by atoms with Gasteiger partial charge in [0.15, 0.2) is 22.1 Å². The van der Waals surface area contributed by atoms with E-state index in [1.165, 1.54) is 28.6 Å². The summed E-state index contributed by atoms with van der Waals surface area (Å²) < 4.78 is 50.7. The number of hydrogen-bond acceptors (Lipinski definition) is 9. The number of rotatable bonds is 7. The maximum Gasteiger partial charge on any atom is 0.280 e. The van der Waals surface area contributed by atoms with Crippen molar-refractivity contribution in [3.05, 3.63) is 41.2 Å². The lowest BCUT2D eigenvalue weighted by molar-refractivity contribution is -0.110. The van der Waals surface area contributed by atoms with E-state index >= 15 is 0 Å². The Kier molecular flexibility index (Phi) is 7.10. The molecule has 0 saturated carbocycles. The Morgan fingerprint density at radius 2 is 1.97 bits per heavy atom. The van der Waals surface area contributed by atoms with Gasteiger partial charge in [0, 0.05) is 25.1 Å². The van der Waals surface area contributed by atoms with Crippen LogP contribution in [0.15, 0.2) is 40.5 Å². The van der Waals surface area contributed by atoms with Crippen LogP contribution in [-0.4, -0.2) is 74.9 Å². The van der Waals surface area contributed by atoms with Crippen LogP contribution in [0.2, 0.25) is 0 Å². The molecule has 0 radical (unpaired) electrons. The maximum atomic E-state index is 13.2. The van der Waals surface area contributed by atoms with Gasteiger partial charge in [-0.2, -0.15) is 8.70 Å². The fourth-order valence-corrected chi connectivity index (χ4v) is 5.09. The van der Waals surface area contributed by atoms with Gasteiger partial charge in [0.2, 0.25) is 10.0 Å². The first-order chi connectivity index (χ1) is 15.4. The molecular weight excluding hydrogens is 463 g/mol. The summed E-state index contributed by atoms with van der Waals surface area (Å²) in [6.07, 6.45) is 1.33. The highest BCUT2D eigenvalue weighted by Gasteiger charge is 2.27. The van der Waals surface area contributed by atoms with Gasteiger partial charge in [0.05, 0.1) is 37.5 Å². The second kappa shape index (κ2) is 10.0. The summed E-state index contributed by atoms with van der Waals surface area (Å²) in [7, 11) is -3.68. The van der Waals surface area contributed by atoms with E-state index < -0.39 is 21.1 Å². The second-order valence-corrected chi connectivity index (χ2v) is 9.91. The van der Waals surface area contributed by atoms with Crippen LogP contribution in [-0.2, 0) is 29.1 Å². The Balaban J connectivity index is 1.56. The third kappa shape index (κ3) is 5.30. The highest BCUT2D eigenvalue weighted by molar-refractivity contribution is 7.89. The fourth-order valence-electron chi connectivity index (χ4n) is 3.14. The van der Waals surface area contributed by atoms with Gasteiger partial charge in [0.1, 0.15) is 0 Å². The van der Waals surface area contributed by atoms with E-state index in [0.717, 1.165) is 6.20 Å². The van der Waals surface area contributed by atoms with Gasteiger partial charge in [-0.25, -0.2) is 13.4 Å². The zero-order valence-electron chi connectivity index (χ0n) is 16.9. The SMILES string of the molecule is O=C(Nc1ncc(F)s1)/C(=N/O[C@@H]1CCOC1)c1ccc(S(=O)(=O)N2CCOCC2)cc1. The minimum Gasteiger partial charge on any atom is -0.389 e. The molecule has 2 aliphatic heterocycles. The molecule has 1 amide bonds. The molecule has 13 heteroatoms. The molecule has 32 heavy (non-hydrogen) atoms. The highest BCUT2D eigenvalue weighted by atomic mass is 32.2. The summed E-state index contributed by atoms with van der Waals surface area (Å²) in [5.74, 6) is -0.665. The number of hydrogen-bond donors (Lipinski definition) is 1. The summed E-state index contributed by atoms with van der Waals surface area (Å²) in [4.78, 5) is 22.1. The summed E-state index contributed by atoms with van der Waals surface area (Å²) >= 11 is 0.673. The summed E-state index contributed by atoms with van der Waals surface area (Å²) in [6, 6.07) is 5.76. The molecule has 0 unspecified atom stereocenters. The van der Waals surface area contributed by atoms with Crippen molar-refractivity contribution in [1.82, 2.24) is 9.29 Å². The number of halogens is 1. The fraction of sp³-hybridized carbons (Fsp3) is 0.421. The van der Waals surface area contributed by atoms with E-state index in [1.807, 2.05) is 0 Å². The first kappa shape index (κ1) is 22.7. The molecule has 2 fully saturated rings. The minimum absolute atomic E-state index is 0.0657. The van der Waals surface area contributed by atoms with Gasteiger partial charge in [-0.1, -0.05) is 28.6 Å².